The summed E-state index contributed by atoms with van der Waals surface area (Å²) >= 11 is 8.71. The summed E-state index contributed by atoms with van der Waals surface area (Å²) in [6.45, 7) is 2.05. The summed E-state index contributed by atoms with van der Waals surface area (Å²) in [5.74, 6) is 0.407. The number of nitrogens with one attached hydrogen (secondary N) is 2. The van der Waals surface area contributed by atoms with Crippen LogP contribution in [0.3, 0.4) is 0 Å². The van der Waals surface area contributed by atoms with Gasteiger partial charge in [0.05, 0.1) is 23.5 Å². The van der Waals surface area contributed by atoms with Gasteiger partial charge in [-0.3, -0.25) is 9.69 Å². The molecule has 0 radical (unpaired) electrons. The minimum Gasteiger partial charge on any atom is -0.491 e. The van der Waals surface area contributed by atoms with Crippen LogP contribution in [0.5, 0.6) is 5.75 Å². The summed E-state index contributed by atoms with van der Waals surface area (Å²) in [5.41, 5.74) is 3.06. The number of imide groups is 1. The number of aliphatic hydroxyl groups excluding tert-OH is 1. The highest BCUT2D eigenvalue weighted by Crippen LogP contribution is 2.40. The monoisotopic (exact) mass is 656 g/mol. The average molecular weight is 657 g/mol. The van der Waals surface area contributed by atoms with Gasteiger partial charge >= 0.3 is 6.03 Å². The number of carbonyl (C=O) groups is 2. The fourth-order valence-corrected chi connectivity index (χ4v) is 5.71. The Morgan fingerprint density at radius 1 is 1.10 bits per heavy atom. The maximum Gasteiger partial charge on any atom is 0.325 e. The predicted octanol–water partition coefficient (Wildman–Crippen LogP) is 5.84. The number of hydrogen-bond acceptors (Lipinski definition) is 5. The Labute approximate surface area is 244 Å². The Balaban J connectivity index is 1.50. The zero-order chi connectivity index (χ0) is 27.5. The van der Waals surface area contributed by atoms with Crippen LogP contribution in [-0.4, -0.2) is 45.1 Å². The second kappa shape index (κ2) is 11.8. The van der Waals surface area contributed by atoms with Crippen LogP contribution in [0.15, 0.2) is 79.0 Å². The quantitative estimate of drug-likeness (QED) is 0.155. The van der Waals surface area contributed by atoms with E-state index in [-0.39, 0.29) is 25.0 Å². The molecule has 1 aromatic heterocycles. The smallest absolute Gasteiger partial charge is 0.325 e. The molecule has 10 heteroatoms. The molecule has 1 aliphatic heterocycles. The first kappa shape index (κ1) is 27.2. The van der Waals surface area contributed by atoms with E-state index in [4.69, 9.17) is 21.4 Å². The highest BCUT2D eigenvalue weighted by Gasteiger charge is 2.46. The number of rotatable bonds is 9. The van der Waals surface area contributed by atoms with E-state index in [0.29, 0.717) is 27.9 Å². The van der Waals surface area contributed by atoms with Crippen molar-refractivity contribution in [3.05, 3.63) is 105 Å². The van der Waals surface area contributed by atoms with E-state index >= 15 is 0 Å². The van der Waals surface area contributed by atoms with Crippen LogP contribution in [0.1, 0.15) is 41.9 Å². The molecule has 1 fully saturated rings. The molecule has 3 amide bonds. The normalized spacial score (nSPS) is 16.7. The van der Waals surface area contributed by atoms with E-state index in [2.05, 4.69) is 37.9 Å². The number of nitrogens with zero attached hydrogens (tertiary/aromatic N) is 2. The molecule has 4 aromatic rings. The van der Waals surface area contributed by atoms with Gasteiger partial charge in [0.1, 0.15) is 30.3 Å². The van der Waals surface area contributed by atoms with Gasteiger partial charge in [-0.05, 0) is 58.0 Å². The lowest BCUT2D eigenvalue weighted by atomic mass is 9.91. The van der Waals surface area contributed by atoms with Crippen LogP contribution in [0.4, 0.5) is 4.79 Å². The highest BCUT2D eigenvalue weighted by atomic mass is 127. The van der Waals surface area contributed by atoms with Crippen molar-refractivity contribution < 1.29 is 19.4 Å². The standard InChI is InChI=1S/C29H26ClIN4O4/c1-17(18-5-3-2-4-6-18)26(27-32-16-24(33-27)22-12-9-20(31)15-23(22)30)35-28(37)25(34-29(35)38)19-7-10-21(11-8-19)39-14-13-36/h2-12,15-17,25-26,36H,13-14H2,1H3,(H,32,33)(H,34,38)/t17-,25-,26+/m1/s1. The van der Waals surface area contributed by atoms with Crippen molar-refractivity contribution in [3.63, 3.8) is 0 Å². The van der Waals surface area contributed by atoms with E-state index in [0.717, 1.165) is 14.7 Å². The molecule has 0 saturated carbocycles. The van der Waals surface area contributed by atoms with E-state index < -0.39 is 18.1 Å². The number of aliphatic hydroxyl groups is 1. The fourth-order valence-electron chi connectivity index (χ4n) is 4.76. The minimum atomic E-state index is -0.852. The molecule has 1 aliphatic rings. The Morgan fingerprint density at radius 3 is 2.54 bits per heavy atom. The van der Waals surface area contributed by atoms with Gasteiger partial charge in [-0.15, -0.1) is 0 Å². The number of urea groups is 1. The van der Waals surface area contributed by atoms with E-state index in [1.165, 1.54) is 4.90 Å². The number of benzene rings is 3. The molecule has 2 heterocycles. The van der Waals surface area contributed by atoms with Crippen molar-refractivity contribution in [1.29, 1.82) is 0 Å². The molecule has 200 valence electrons. The molecule has 3 aromatic carbocycles. The number of aromatic amines is 1. The molecule has 3 atom stereocenters. The second-order valence-corrected chi connectivity index (χ2v) is 10.8. The summed E-state index contributed by atoms with van der Waals surface area (Å²) in [5, 5.41) is 12.4. The molecule has 5 rings (SSSR count). The van der Waals surface area contributed by atoms with E-state index in [1.54, 1.807) is 30.5 Å². The minimum absolute atomic E-state index is 0.0981. The van der Waals surface area contributed by atoms with Crippen LogP contribution >= 0.6 is 34.2 Å². The molecular formula is C29H26ClIN4O4. The summed E-state index contributed by atoms with van der Waals surface area (Å²) < 4.78 is 6.43. The summed E-state index contributed by atoms with van der Waals surface area (Å²) in [6.07, 6.45) is 1.68. The molecule has 0 bridgehead atoms. The number of aromatic nitrogens is 2. The topological polar surface area (TPSA) is 108 Å². The van der Waals surface area contributed by atoms with E-state index in [9.17, 15) is 9.59 Å². The van der Waals surface area contributed by atoms with Gasteiger partial charge in [0, 0.05) is 15.1 Å². The molecule has 0 aliphatic carbocycles. The van der Waals surface area contributed by atoms with Crippen LogP contribution in [-0.2, 0) is 4.79 Å². The molecule has 0 unspecified atom stereocenters. The van der Waals surface area contributed by atoms with Crippen LogP contribution < -0.4 is 10.1 Å². The fraction of sp³-hybridized carbons (Fsp3) is 0.207. The SMILES string of the molecule is C[C@H](c1ccccc1)[C@@H](c1ncc(-c2ccc(I)cc2Cl)[nH]1)N1C(=O)N[C@H](c2ccc(OCCO)cc2)C1=O. The van der Waals surface area contributed by atoms with Crippen LogP contribution in [0, 0.1) is 3.57 Å². The van der Waals surface area contributed by atoms with Crippen molar-refractivity contribution in [1.82, 2.24) is 20.2 Å². The molecule has 39 heavy (non-hydrogen) atoms. The third-order valence-corrected chi connectivity index (χ3v) is 7.70. The predicted molar refractivity (Wildman–Crippen MR) is 156 cm³/mol. The van der Waals surface area contributed by atoms with Crippen molar-refractivity contribution >= 4 is 46.1 Å². The van der Waals surface area contributed by atoms with E-state index in [1.807, 2.05) is 55.5 Å². The van der Waals surface area contributed by atoms with Crippen molar-refractivity contribution in [2.24, 2.45) is 0 Å². The van der Waals surface area contributed by atoms with Gasteiger partial charge in [0.2, 0.25) is 0 Å². The summed E-state index contributed by atoms with van der Waals surface area (Å²) in [4.78, 5) is 36.4. The number of ether oxygens (including phenoxy) is 1. The zero-order valence-electron chi connectivity index (χ0n) is 21.0. The Morgan fingerprint density at radius 2 is 1.85 bits per heavy atom. The number of amides is 3. The number of carbonyl (C=O) groups excluding carboxylic acids is 2. The lowest BCUT2D eigenvalue weighted by molar-refractivity contribution is -0.129. The van der Waals surface area contributed by atoms with Gasteiger partial charge in [0.25, 0.3) is 5.91 Å². The largest absolute Gasteiger partial charge is 0.491 e. The Bertz CT molecular complexity index is 1480. The van der Waals surface area contributed by atoms with Crippen molar-refractivity contribution in [3.8, 4) is 17.0 Å². The zero-order valence-corrected chi connectivity index (χ0v) is 23.9. The Kier molecular flexibility index (Phi) is 8.20. The number of imidazole rings is 1. The average Bonchev–Trinajstić information content (AvgIpc) is 3.53. The molecule has 0 spiro atoms. The van der Waals surface area contributed by atoms with Crippen molar-refractivity contribution in [2.45, 2.75) is 24.9 Å². The maximum atomic E-state index is 13.8. The molecular weight excluding hydrogens is 631 g/mol. The van der Waals surface area contributed by atoms with Gasteiger partial charge in [-0.2, -0.15) is 0 Å². The lowest BCUT2D eigenvalue weighted by Crippen LogP contribution is -2.38. The summed E-state index contributed by atoms with van der Waals surface area (Å²) in [6, 6.07) is 20.3. The van der Waals surface area contributed by atoms with Crippen LogP contribution in [0.2, 0.25) is 5.02 Å². The van der Waals surface area contributed by atoms with Gasteiger partial charge < -0.3 is 20.1 Å². The number of hydrogen-bond donors (Lipinski definition) is 3. The second-order valence-electron chi connectivity index (χ2n) is 9.18. The first-order valence-corrected chi connectivity index (χ1v) is 13.9. The molecule has 1 saturated heterocycles. The van der Waals surface area contributed by atoms with Crippen molar-refractivity contribution in [2.75, 3.05) is 13.2 Å². The third kappa shape index (κ3) is 5.66. The Hall–Kier alpha value is -3.41. The molecule has 3 N–H and O–H groups in total. The first-order valence-electron chi connectivity index (χ1n) is 12.4. The van der Waals surface area contributed by atoms with Gasteiger partial charge in [0.15, 0.2) is 0 Å². The van der Waals surface area contributed by atoms with Crippen LogP contribution in [0.25, 0.3) is 11.3 Å². The number of H-pyrrole nitrogens is 1. The molecule has 8 nitrogen and oxygen atoms in total. The third-order valence-electron chi connectivity index (χ3n) is 6.72. The highest BCUT2D eigenvalue weighted by molar-refractivity contribution is 14.1. The van der Waals surface area contributed by atoms with Gasteiger partial charge in [-0.25, -0.2) is 9.78 Å². The number of halogens is 2. The summed E-state index contributed by atoms with van der Waals surface area (Å²) in [7, 11) is 0. The first-order chi connectivity index (χ1) is 18.9. The lowest BCUT2D eigenvalue weighted by Gasteiger charge is -2.29. The maximum absolute atomic E-state index is 13.8. The van der Waals surface area contributed by atoms with Gasteiger partial charge in [-0.1, -0.05) is 67.1 Å².